The van der Waals surface area contributed by atoms with E-state index in [4.69, 9.17) is 15.5 Å². The van der Waals surface area contributed by atoms with Crippen LogP contribution in [-0.4, -0.2) is 44.6 Å². The molecular weight excluding hydrogens is 404 g/mol. The molecule has 4 aromatic rings. The third kappa shape index (κ3) is 3.66. The second kappa shape index (κ2) is 8.53. The molecule has 1 aliphatic rings. The van der Waals surface area contributed by atoms with Crippen LogP contribution in [0, 0.1) is 0 Å². The van der Waals surface area contributed by atoms with E-state index in [1.54, 1.807) is 6.20 Å². The first kappa shape index (κ1) is 20.4. The van der Waals surface area contributed by atoms with Crippen LogP contribution in [0.1, 0.15) is 40.5 Å². The number of nitrogens with two attached hydrogens (primary N) is 1. The molecule has 0 aliphatic carbocycles. The van der Waals surface area contributed by atoms with Gasteiger partial charge < -0.3 is 15.6 Å². The maximum atomic E-state index is 12.7. The van der Waals surface area contributed by atoms with Crippen LogP contribution < -0.4 is 5.73 Å². The molecule has 2 aromatic heterocycles. The highest BCUT2D eigenvalue weighted by Crippen LogP contribution is 2.34. The molecule has 1 fully saturated rings. The highest BCUT2D eigenvalue weighted by Gasteiger charge is 2.27. The van der Waals surface area contributed by atoms with Crippen molar-refractivity contribution in [1.82, 2.24) is 14.4 Å². The van der Waals surface area contributed by atoms with E-state index in [1.807, 2.05) is 65.2 Å². The normalized spacial score (nSPS) is 18.7. The number of aromatic nitrogens is 3. The first-order chi connectivity index (χ1) is 15.7. The Kier molecular flexibility index (Phi) is 5.43. The molecule has 0 radical (unpaired) electrons. The average molecular weight is 428 g/mol. The predicted octanol–water partition coefficient (Wildman–Crippen LogP) is 3.46. The van der Waals surface area contributed by atoms with E-state index >= 15 is 0 Å². The van der Waals surface area contributed by atoms with Crippen molar-refractivity contribution in [3.63, 3.8) is 0 Å². The number of anilines is 1. The van der Waals surface area contributed by atoms with Crippen LogP contribution >= 0.6 is 0 Å². The lowest BCUT2D eigenvalue weighted by Gasteiger charge is -2.27. The molecule has 0 bridgehead atoms. The summed E-state index contributed by atoms with van der Waals surface area (Å²) in [5, 5.41) is 9.35. The third-order valence-electron chi connectivity index (χ3n) is 6.01. The Hall–Kier alpha value is -3.55. The molecule has 0 amide bonds. The van der Waals surface area contributed by atoms with Crippen molar-refractivity contribution in [3.8, 4) is 11.3 Å². The van der Waals surface area contributed by atoms with Gasteiger partial charge in [0.2, 0.25) is 0 Å². The number of nitrogens with zero attached hydrogens (tertiary/aromatic N) is 3. The van der Waals surface area contributed by atoms with Crippen LogP contribution in [0.15, 0.2) is 67.0 Å². The topological polar surface area (TPSA) is 103 Å². The molecule has 1 aliphatic heterocycles. The van der Waals surface area contributed by atoms with Crippen molar-refractivity contribution in [2.75, 3.05) is 18.9 Å². The van der Waals surface area contributed by atoms with Crippen molar-refractivity contribution in [3.05, 3.63) is 83.9 Å². The first-order valence-corrected chi connectivity index (χ1v) is 10.7. The minimum absolute atomic E-state index is 0.0218. The second-order valence-corrected chi connectivity index (χ2v) is 8.03. The number of carbonyl (C=O) groups is 1. The fourth-order valence-corrected chi connectivity index (χ4v) is 4.27. The molecule has 1 saturated heterocycles. The van der Waals surface area contributed by atoms with Gasteiger partial charge in [-0.05, 0) is 12.8 Å². The summed E-state index contributed by atoms with van der Waals surface area (Å²) in [4.78, 5) is 21.9. The zero-order valence-corrected chi connectivity index (χ0v) is 17.5. The van der Waals surface area contributed by atoms with Crippen LogP contribution in [0.2, 0.25) is 0 Å². The highest BCUT2D eigenvalue weighted by molar-refractivity contribution is 6.09. The fraction of sp³-hybridized carbons (Fsp3) is 0.240. The van der Waals surface area contributed by atoms with Gasteiger partial charge in [-0.15, -0.1) is 0 Å². The van der Waals surface area contributed by atoms with Gasteiger partial charge in [-0.3, -0.25) is 9.20 Å². The SMILES string of the molecule is Nc1nccn2c(C3CCC(CO)OC3)nc(-c3ccc(C(=O)c4ccccc4)cc3)c12. The fourth-order valence-electron chi connectivity index (χ4n) is 4.27. The van der Waals surface area contributed by atoms with Gasteiger partial charge >= 0.3 is 0 Å². The Morgan fingerprint density at radius 2 is 1.84 bits per heavy atom. The molecule has 2 aromatic carbocycles. The summed E-state index contributed by atoms with van der Waals surface area (Å²) < 4.78 is 7.76. The zero-order chi connectivity index (χ0) is 22.1. The highest BCUT2D eigenvalue weighted by atomic mass is 16.5. The summed E-state index contributed by atoms with van der Waals surface area (Å²) in [5.41, 5.74) is 9.85. The van der Waals surface area contributed by atoms with E-state index in [-0.39, 0.29) is 24.4 Å². The summed E-state index contributed by atoms with van der Waals surface area (Å²) >= 11 is 0. The maximum Gasteiger partial charge on any atom is 0.193 e. The summed E-state index contributed by atoms with van der Waals surface area (Å²) in [5.74, 6) is 1.34. The van der Waals surface area contributed by atoms with E-state index < -0.39 is 0 Å². The molecule has 7 heteroatoms. The molecule has 162 valence electrons. The lowest BCUT2D eigenvalue weighted by Crippen LogP contribution is -2.28. The number of hydrogen-bond acceptors (Lipinski definition) is 6. The number of nitrogen functional groups attached to an aromatic ring is 1. The van der Waals surface area contributed by atoms with Gasteiger partial charge in [0.05, 0.1) is 19.3 Å². The average Bonchev–Trinajstić information content (AvgIpc) is 3.25. The zero-order valence-electron chi connectivity index (χ0n) is 17.5. The Labute approximate surface area is 185 Å². The number of imidazole rings is 1. The Bertz CT molecular complexity index is 1240. The Balaban J connectivity index is 1.51. The number of ether oxygens (including phenoxy) is 1. The molecule has 3 N–H and O–H groups in total. The van der Waals surface area contributed by atoms with Gasteiger partial charge in [0.25, 0.3) is 0 Å². The molecule has 7 nitrogen and oxygen atoms in total. The predicted molar refractivity (Wildman–Crippen MR) is 122 cm³/mol. The summed E-state index contributed by atoms with van der Waals surface area (Å²) in [6, 6.07) is 16.6. The number of fused-ring (bicyclic) bond motifs is 1. The molecular formula is C25H24N4O3. The minimum atomic E-state index is -0.113. The van der Waals surface area contributed by atoms with Gasteiger partial charge in [-0.25, -0.2) is 9.97 Å². The monoisotopic (exact) mass is 428 g/mol. The van der Waals surface area contributed by atoms with Crippen molar-refractivity contribution in [2.45, 2.75) is 24.9 Å². The molecule has 3 heterocycles. The number of ketones is 1. The Morgan fingerprint density at radius 3 is 2.53 bits per heavy atom. The number of carbonyl (C=O) groups excluding carboxylic acids is 1. The van der Waals surface area contributed by atoms with Crippen LogP contribution in [0.3, 0.4) is 0 Å². The summed E-state index contributed by atoms with van der Waals surface area (Å²) in [6.07, 6.45) is 5.07. The van der Waals surface area contributed by atoms with E-state index in [1.165, 1.54) is 0 Å². The molecule has 2 atom stereocenters. The van der Waals surface area contributed by atoms with E-state index in [0.717, 1.165) is 35.4 Å². The van der Waals surface area contributed by atoms with Crippen molar-refractivity contribution < 1.29 is 14.6 Å². The van der Waals surface area contributed by atoms with Crippen LogP contribution in [0.4, 0.5) is 5.82 Å². The smallest absolute Gasteiger partial charge is 0.193 e. The van der Waals surface area contributed by atoms with Crippen LogP contribution in [0.25, 0.3) is 16.8 Å². The number of aliphatic hydroxyl groups is 1. The van der Waals surface area contributed by atoms with E-state index in [9.17, 15) is 9.90 Å². The maximum absolute atomic E-state index is 12.7. The van der Waals surface area contributed by atoms with Gasteiger partial charge in [0.15, 0.2) is 5.78 Å². The van der Waals surface area contributed by atoms with Gasteiger partial charge in [0.1, 0.15) is 22.9 Å². The largest absolute Gasteiger partial charge is 0.394 e. The number of rotatable bonds is 5. The Morgan fingerprint density at radius 1 is 1.09 bits per heavy atom. The summed E-state index contributed by atoms with van der Waals surface area (Å²) in [6.45, 7) is 0.530. The standard InChI is InChI=1S/C25H24N4O3/c26-24-22-21(16-6-8-18(9-7-16)23(31)17-4-2-1-3-5-17)28-25(29(22)13-12-27-24)19-10-11-20(14-30)32-15-19/h1-9,12-13,19-20,30H,10-11,14-15H2,(H2,26,27). The van der Waals surface area contributed by atoms with Crippen molar-refractivity contribution in [1.29, 1.82) is 0 Å². The number of hydrogen-bond donors (Lipinski definition) is 2. The lowest BCUT2D eigenvalue weighted by atomic mass is 9.98. The van der Waals surface area contributed by atoms with Crippen LogP contribution in [0.5, 0.6) is 0 Å². The van der Waals surface area contributed by atoms with Gasteiger partial charge in [-0.2, -0.15) is 0 Å². The third-order valence-corrected chi connectivity index (χ3v) is 6.01. The van der Waals surface area contributed by atoms with Crippen molar-refractivity contribution in [2.24, 2.45) is 0 Å². The lowest BCUT2D eigenvalue weighted by molar-refractivity contribution is -0.0282. The van der Waals surface area contributed by atoms with Gasteiger partial charge in [-0.1, -0.05) is 54.6 Å². The molecule has 5 rings (SSSR count). The molecule has 2 unspecified atom stereocenters. The number of aliphatic hydroxyl groups excluding tert-OH is 1. The minimum Gasteiger partial charge on any atom is -0.394 e. The number of benzene rings is 2. The quantitative estimate of drug-likeness (QED) is 0.472. The molecule has 32 heavy (non-hydrogen) atoms. The first-order valence-electron chi connectivity index (χ1n) is 10.7. The van der Waals surface area contributed by atoms with E-state index in [2.05, 4.69) is 4.98 Å². The second-order valence-electron chi connectivity index (χ2n) is 8.03. The molecule has 0 saturated carbocycles. The van der Waals surface area contributed by atoms with E-state index in [0.29, 0.717) is 23.6 Å². The van der Waals surface area contributed by atoms with Gasteiger partial charge in [0, 0.05) is 35.0 Å². The molecule has 0 spiro atoms. The van der Waals surface area contributed by atoms with Crippen LogP contribution in [-0.2, 0) is 4.74 Å². The summed E-state index contributed by atoms with van der Waals surface area (Å²) in [7, 11) is 0. The van der Waals surface area contributed by atoms with Crippen molar-refractivity contribution >= 4 is 17.1 Å².